The van der Waals surface area contributed by atoms with Gasteiger partial charge < -0.3 is 23.9 Å². The molecule has 170 valence electrons. The molecule has 33 heavy (non-hydrogen) atoms. The van der Waals surface area contributed by atoms with Crippen LogP contribution in [0.5, 0.6) is 0 Å². The number of fused-ring (bicyclic) bond motifs is 1. The van der Waals surface area contributed by atoms with E-state index in [9.17, 15) is 13.6 Å². The first kappa shape index (κ1) is 21.3. The maximum Gasteiger partial charge on any atom is 0.191 e. The Morgan fingerprint density at radius 3 is 2.79 bits per heavy atom. The SMILES string of the molecule is O=c1cc(N2CCCOCC2)[nH]c2c(-c3cn(-c4ccc(NS(=O)[O-])cc4)nn3)cccc12. The normalized spacial score (nSPS) is 15.4. The van der Waals surface area contributed by atoms with Gasteiger partial charge in [0.15, 0.2) is 5.43 Å². The fourth-order valence-electron chi connectivity index (χ4n) is 3.92. The summed E-state index contributed by atoms with van der Waals surface area (Å²) in [5.74, 6) is 0.761. The van der Waals surface area contributed by atoms with Gasteiger partial charge in [0.05, 0.1) is 24.0 Å². The quantitative estimate of drug-likeness (QED) is 0.433. The molecule has 4 aromatic rings. The zero-order chi connectivity index (χ0) is 22.8. The van der Waals surface area contributed by atoms with Gasteiger partial charge in [0.1, 0.15) is 11.5 Å². The number of nitrogens with zero attached hydrogens (tertiary/aromatic N) is 4. The molecule has 1 atom stereocenters. The fourth-order valence-corrected chi connectivity index (χ4v) is 4.25. The lowest BCUT2D eigenvalue weighted by Crippen LogP contribution is -2.28. The summed E-state index contributed by atoms with van der Waals surface area (Å²) in [4.78, 5) is 18.4. The Labute approximate surface area is 191 Å². The summed E-state index contributed by atoms with van der Waals surface area (Å²) in [7, 11) is 0. The highest BCUT2D eigenvalue weighted by molar-refractivity contribution is 7.80. The number of hydrogen-bond donors (Lipinski definition) is 2. The van der Waals surface area contributed by atoms with Crippen LogP contribution in [0.3, 0.4) is 0 Å². The van der Waals surface area contributed by atoms with Crippen molar-refractivity contribution in [2.75, 3.05) is 35.9 Å². The van der Waals surface area contributed by atoms with Crippen LogP contribution in [0, 0.1) is 0 Å². The Morgan fingerprint density at radius 2 is 1.97 bits per heavy atom. The number of pyridine rings is 1. The molecular formula is C22H21N6O4S-. The first-order chi connectivity index (χ1) is 16.1. The number of para-hydroxylation sites is 1. The van der Waals surface area contributed by atoms with Crippen molar-refractivity contribution in [2.24, 2.45) is 0 Å². The molecule has 1 unspecified atom stereocenters. The summed E-state index contributed by atoms with van der Waals surface area (Å²) in [5.41, 5.74) is 3.19. The van der Waals surface area contributed by atoms with E-state index >= 15 is 0 Å². The monoisotopic (exact) mass is 465 g/mol. The molecule has 0 spiro atoms. The fraction of sp³-hybridized carbons (Fsp3) is 0.227. The van der Waals surface area contributed by atoms with Crippen LogP contribution in [0.15, 0.2) is 59.5 Å². The van der Waals surface area contributed by atoms with Gasteiger partial charge in [-0.05, 0) is 36.8 Å². The van der Waals surface area contributed by atoms with Crippen molar-refractivity contribution in [3.05, 3.63) is 65.0 Å². The van der Waals surface area contributed by atoms with Crippen LogP contribution in [0.1, 0.15) is 6.42 Å². The first-order valence-electron chi connectivity index (χ1n) is 10.5. The van der Waals surface area contributed by atoms with Crippen molar-refractivity contribution in [1.82, 2.24) is 20.0 Å². The third kappa shape index (κ3) is 4.51. The largest absolute Gasteiger partial charge is 0.755 e. The van der Waals surface area contributed by atoms with Gasteiger partial charge in [-0.1, -0.05) is 17.3 Å². The van der Waals surface area contributed by atoms with Gasteiger partial charge in [0.25, 0.3) is 0 Å². The van der Waals surface area contributed by atoms with Crippen LogP contribution in [-0.2, 0) is 16.0 Å². The number of aromatic nitrogens is 4. The van der Waals surface area contributed by atoms with E-state index in [0.29, 0.717) is 42.0 Å². The second-order valence-corrected chi connectivity index (χ2v) is 8.31. The summed E-state index contributed by atoms with van der Waals surface area (Å²) in [5, 5.41) is 9.11. The molecule has 11 heteroatoms. The Hall–Kier alpha value is -3.54. The standard InChI is InChI=1S/C22H22N6O4S/c29-20-13-21(27-9-2-11-32-12-10-27)23-22-17(3-1-4-18(20)22)19-14-28(26-24-19)16-7-5-15(6-8-16)25-33(30)31/h1,3-8,13-14,25H,2,9-12H2,(H,23,29)(H,30,31)/p-1. The number of hydrogen-bond acceptors (Lipinski definition) is 7. The molecule has 0 saturated carbocycles. The maximum atomic E-state index is 12.9. The van der Waals surface area contributed by atoms with Gasteiger partial charge in [-0.2, -0.15) is 0 Å². The molecule has 5 rings (SSSR count). The van der Waals surface area contributed by atoms with Crippen molar-refractivity contribution < 1.29 is 13.5 Å². The molecular weight excluding hydrogens is 444 g/mol. The Morgan fingerprint density at radius 1 is 1.12 bits per heavy atom. The molecule has 3 heterocycles. The molecule has 1 aliphatic heterocycles. The van der Waals surface area contributed by atoms with Gasteiger partial charge in [0.2, 0.25) is 0 Å². The summed E-state index contributed by atoms with van der Waals surface area (Å²) in [6, 6.07) is 13.9. The second kappa shape index (κ2) is 9.14. The maximum absolute atomic E-state index is 12.9. The van der Waals surface area contributed by atoms with Crippen LogP contribution in [0.25, 0.3) is 27.8 Å². The lowest BCUT2D eigenvalue weighted by molar-refractivity contribution is 0.152. The lowest BCUT2D eigenvalue weighted by Gasteiger charge is -2.22. The third-order valence-electron chi connectivity index (χ3n) is 5.52. The smallest absolute Gasteiger partial charge is 0.191 e. The van der Waals surface area contributed by atoms with E-state index in [4.69, 9.17) is 4.74 Å². The lowest BCUT2D eigenvalue weighted by atomic mass is 10.1. The van der Waals surface area contributed by atoms with E-state index in [0.717, 1.165) is 30.0 Å². The molecule has 0 amide bonds. The summed E-state index contributed by atoms with van der Waals surface area (Å²) in [6.45, 7) is 2.86. The van der Waals surface area contributed by atoms with E-state index in [-0.39, 0.29) is 5.43 Å². The van der Waals surface area contributed by atoms with Crippen molar-refractivity contribution in [1.29, 1.82) is 0 Å². The van der Waals surface area contributed by atoms with Crippen LogP contribution in [-0.4, -0.2) is 55.0 Å². The topological polar surface area (TPSA) is 128 Å². The summed E-state index contributed by atoms with van der Waals surface area (Å²) in [6.07, 6.45) is 2.67. The van der Waals surface area contributed by atoms with Crippen molar-refractivity contribution in [2.45, 2.75) is 6.42 Å². The average molecular weight is 466 g/mol. The number of anilines is 2. The van der Waals surface area contributed by atoms with Gasteiger partial charge in [-0.3, -0.25) is 9.00 Å². The van der Waals surface area contributed by atoms with Gasteiger partial charge in [0, 0.05) is 53.7 Å². The molecule has 0 aliphatic carbocycles. The Kier molecular flexibility index (Phi) is 5.90. The highest BCUT2D eigenvalue weighted by atomic mass is 32.2. The molecule has 2 N–H and O–H groups in total. The number of aromatic amines is 1. The predicted octanol–water partition coefficient (Wildman–Crippen LogP) is 2.21. The van der Waals surface area contributed by atoms with E-state index in [1.54, 1.807) is 47.3 Å². The number of H-pyrrole nitrogens is 1. The zero-order valence-electron chi connectivity index (χ0n) is 17.6. The highest BCUT2D eigenvalue weighted by Gasteiger charge is 2.16. The predicted molar refractivity (Wildman–Crippen MR) is 125 cm³/mol. The molecule has 1 fully saturated rings. The molecule has 2 aromatic carbocycles. The van der Waals surface area contributed by atoms with E-state index < -0.39 is 11.3 Å². The summed E-state index contributed by atoms with van der Waals surface area (Å²) < 4.78 is 31.0. The average Bonchev–Trinajstić information content (AvgIpc) is 3.13. The van der Waals surface area contributed by atoms with Crippen molar-refractivity contribution >= 4 is 33.7 Å². The first-order valence-corrected chi connectivity index (χ1v) is 11.5. The van der Waals surface area contributed by atoms with Crippen LogP contribution < -0.4 is 15.1 Å². The number of rotatable bonds is 5. The van der Waals surface area contributed by atoms with E-state index in [2.05, 4.69) is 24.9 Å². The van der Waals surface area contributed by atoms with E-state index in [1.165, 1.54) is 0 Å². The molecule has 0 bridgehead atoms. The number of benzene rings is 2. The van der Waals surface area contributed by atoms with Crippen molar-refractivity contribution in [3.8, 4) is 16.9 Å². The molecule has 0 radical (unpaired) electrons. The second-order valence-electron chi connectivity index (χ2n) is 7.63. The molecule has 2 aromatic heterocycles. The van der Waals surface area contributed by atoms with Crippen LogP contribution in [0.2, 0.25) is 0 Å². The third-order valence-corrected chi connectivity index (χ3v) is 5.92. The highest BCUT2D eigenvalue weighted by Crippen LogP contribution is 2.27. The molecule has 1 saturated heterocycles. The minimum absolute atomic E-state index is 0.0583. The van der Waals surface area contributed by atoms with Gasteiger partial charge in [-0.15, -0.1) is 5.10 Å². The van der Waals surface area contributed by atoms with Gasteiger partial charge in [-0.25, -0.2) is 4.68 Å². The Balaban J connectivity index is 1.51. The van der Waals surface area contributed by atoms with Gasteiger partial charge >= 0.3 is 0 Å². The Bertz CT molecular complexity index is 1360. The van der Waals surface area contributed by atoms with Crippen LogP contribution in [0.4, 0.5) is 11.5 Å². The minimum Gasteiger partial charge on any atom is -0.755 e. The molecule has 10 nitrogen and oxygen atoms in total. The van der Waals surface area contributed by atoms with Crippen molar-refractivity contribution in [3.63, 3.8) is 0 Å². The molecule has 1 aliphatic rings. The number of ether oxygens (including phenoxy) is 1. The number of nitrogens with one attached hydrogen (secondary N) is 2. The minimum atomic E-state index is -2.38. The zero-order valence-corrected chi connectivity index (χ0v) is 18.4. The summed E-state index contributed by atoms with van der Waals surface area (Å²) >= 11 is -2.38. The van der Waals surface area contributed by atoms with Crippen LogP contribution >= 0.6 is 0 Å². The van der Waals surface area contributed by atoms with E-state index in [1.807, 2.05) is 12.1 Å².